The van der Waals surface area contributed by atoms with Crippen LogP contribution in [-0.4, -0.2) is 39.9 Å². The van der Waals surface area contributed by atoms with Gasteiger partial charge in [0.2, 0.25) is 0 Å². The Bertz CT molecular complexity index is 962. The van der Waals surface area contributed by atoms with Crippen LogP contribution in [0, 0.1) is 0 Å². The second kappa shape index (κ2) is 8.66. The van der Waals surface area contributed by atoms with Crippen LogP contribution < -0.4 is 5.32 Å². The molecule has 28 heavy (non-hydrogen) atoms. The maximum atomic E-state index is 11.9. The van der Waals surface area contributed by atoms with Crippen molar-refractivity contribution in [1.29, 1.82) is 0 Å². The SMILES string of the molecule is CC(C)OC(=O)c1ccc(NC(=O)COC(=O)Cc2cn3ccsc3n2)cc1. The number of nitrogens with one attached hydrogen (secondary N) is 1. The molecule has 1 amide bonds. The van der Waals surface area contributed by atoms with E-state index >= 15 is 0 Å². The molecular weight excluding hydrogens is 382 g/mol. The van der Waals surface area contributed by atoms with E-state index in [-0.39, 0.29) is 12.5 Å². The third-order valence-corrected chi connectivity index (χ3v) is 4.35. The van der Waals surface area contributed by atoms with Crippen LogP contribution >= 0.6 is 11.3 Å². The van der Waals surface area contributed by atoms with E-state index in [1.807, 2.05) is 16.0 Å². The number of aromatic nitrogens is 2. The number of hydrogen-bond donors (Lipinski definition) is 1. The zero-order valence-corrected chi connectivity index (χ0v) is 16.2. The highest BCUT2D eigenvalue weighted by Gasteiger charge is 2.13. The summed E-state index contributed by atoms with van der Waals surface area (Å²) < 4.78 is 11.9. The first-order valence-electron chi connectivity index (χ1n) is 8.58. The summed E-state index contributed by atoms with van der Waals surface area (Å²) >= 11 is 1.47. The highest BCUT2D eigenvalue weighted by atomic mass is 32.1. The summed E-state index contributed by atoms with van der Waals surface area (Å²) in [7, 11) is 0. The molecule has 8 nitrogen and oxygen atoms in total. The Hall–Kier alpha value is -3.20. The summed E-state index contributed by atoms with van der Waals surface area (Å²) in [6.45, 7) is 3.13. The molecule has 2 heterocycles. The topological polar surface area (TPSA) is 99.0 Å². The Labute approximate surface area is 165 Å². The first kappa shape index (κ1) is 19.6. The normalized spacial score (nSPS) is 10.8. The molecular formula is C19H19N3O5S. The van der Waals surface area contributed by atoms with Crippen LogP contribution in [0.3, 0.4) is 0 Å². The molecule has 3 rings (SSSR count). The van der Waals surface area contributed by atoms with E-state index in [1.165, 1.54) is 11.3 Å². The van der Waals surface area contributed by atoms with E-state index in [1.54, 1.807) is 44.3 Å². The molecule has 0 radical (unpaired) electrons. The number of amides is 1. The summed E-state index contributed by atoms with van der Waals surface area (Å²) in [5, 5.41) is 4.50. The molecule has 0 bridgehead atoms. The number of fused-ring (bicyclic) bond motifs is 1. The highest BCUT2D eigenvalue weighted by Crippen LogP contribution is 2.13. The number of benzene rings is 1. The Morgan fingerprint density at radius 3 is 2.64 bits per heavy atom. The fourth-order valence-electron chi connectivity index (χ4n) is 2.38. The largest absolute Gasteiger partial charge is 0.459 e. The van der Waals surface area contributed by atoms with Gasteiger partial charge in [0, 0.05) is 23.5 Å². The van der Waals surface area contributed by atoms with E-state index < -0.39 is 24.5 Å². The lowest BCUT2D eigenvalue weighted by atomic mass is 10.2. The fourth-order valence-corrected chi connectivity index (χ4v) is 3.09. The number of esters is 2. The van der Waals surface area contributed by atoms with Gasteiger partial charge >= 0.3 is 11.9 Å². The Balaban J connectivity index is 1.45. The first-order valence-corrected chi connectivity index (χ1v) is 9.46. The standard InChI is InChI=1S/C19H19N3O5S/c1-12(2)27-18(25)13-3-5-14(6-4-13)20-16(23)11-26-17(24)9-15-10-22-7-8-28-19(22)21-15/h3-8,10,12H,9,11H2,1-2H3,(H,20,23). The average Bonchev–Trinajstić information content (AvgIpc) is 3.21. The highest BCUT2D eigenvalue weighted by molar-refractivity contribution is 7.15. The smallest absolute Gasteiger partial charge is 0.338 e. The van der Waals surface area contributed by atoms with Gasteiger partial charge in [0.1, 0.15) is 0 Å². The Kier molecular flexibility index (Phi) is 6.05. The zero-order valence-electron chi connectivity index (χ0n) is 15.4. The molecule has 2 aromatic heterocycles. The monoisotopic (exact) mass is 401 g/mol. The molecule has 0 unspecified atom stereocenters. The number of rotatable bonds is 7. The lowest BCUT2D eigenvalue weighted by Gasteiger charge is -2.09. The summed E-state index contributed by atoms with van der Waals surface area (Å²) in [4.78, 5) is 40.7. The predicted molar refractivity (Wildman–Crippen MR) is 103 cm³/mol. The molecule has 1 N–H and O–H groups in total. The molecule has 0 fully saturated rings. The van der Waals surface area contributed by atoms with Gasteiger partial charge in [0.25, 0.3) is 5.91 Å². The van der Waals surface area contributed by atoms with Crippen molar-refractivity contribution in [2.75, 3.05) is 11.9 Å². The lowest BCUT2D eigenvalue weighted by Crippen LogP contribution is -2.21. The molecule has 0 saturated heterocycles. The number of carbonyl (C=O) groups excluding carboxylic acids is 3. The number of hydrogen-bond acceptors (Lipinski definition) is 7. The minimum Gasteiger partial charge on any atom is -0.459 e. The van der Waals surface area contributed by atoms with Crippen molar-refractivity contribution in [3.05, 3.63) is 53.3 Å². The number of imidazole rings is 1. The molecule has 0 atom stereocenters. The number of thiazole rings is 1. The molecule has 9 heteroatoms. The van der Waals surface area contributed by atoms with Crippen molar-refractivity contribution in [3.63, 3.8) is 0 Å². The number of carbonyl (C=O) groups is 3. The van der Waals surface area contributed by atoms with Gasteiger partial charge < -0.3 is 14.8 Å². The van der Waals surface area contributed by atoms with Crippen molar-refractivity contribution in [2.24, 2.45) is 0 Å². The molecule has 146 valence electrons. The Morgan fingerprint density at radius 1 is 1.21 bits per heavy atom. The molecule has 3 aromatic rings. The van der Waals surface area contributed by atoms with E-state index in [0.717, 1.165) is 4.96 Å². The van der Waals surface area contributed by atoms with Crippen LogP contribution in [0.5, 0.6) is 0 Å². The maximum absolute atomic E-state index is 11.9. The van der Waals surface area contributed by atoms with Crippen LogP contribution in [-0.2, 0) is 25.5 Å². The van der Waals surface area contributed by atoms with Crippen LogP contribution in [0.1, 0.15) is 29.9 Å². The zero-order chi connectivity index (χ0) is 20.1. The van der Waals surface area contributed by atoms with Crippen LogP contribution in [0.2, 0.25) is 0 Å². The van der Waals surface area contributed by atoms with Crippen LogP contribution in [0.4, 0.5) is 5.69 Å². The number of anilines is 1. The van der Waals surface area contributed by atoms with Crippen LogP contribution in [0.15, 0.2) is 42.0 Å². The molecule has 0 aliphatic rings. The predicted octanol–water partition coefficient (Wildman–Crippen LogP) is 2.69. The van der Waals surface area contributed by atoms with Gasteiger partial charge in [-0.2, -0.15) is 0 Å². The maximum Gasteiger partial charge on any atom is 0.338 e. The second-order valence-corrected chi connectivity index (χ2v) is 7.12. The van der Waals surface area contributed by atoms with Gasteiger partial charge in [0.05, 0.1) is 23.8 Å². The molecule has 0 aliphatic carbocycles. The minimum atomic E-state index is -0.535. The van der Waals surface area contributed by atoms with E-state index in [4.69, 9.17) is 9.47 Å². The van der Waals surface area contributed by atoms with E-state index in [9.17, 15) is 14.4 Å². The third-order valence-electron chi connectivity index (χ3n) is 3.58. The fraction of sp³-hybridized carbons (Fsp3) is 0.263. The molecule has 0 saturated carbocycles. The van der Waals surface area contributed by atoms with Crippen LogP contribution in [0.25, 0.3) is 4.96 Å². The molecule has 1 aromatic carbocycles. The van der Waals surface area contributed by atoms with Gasteiger partial charge in [0.15, 0.2) is 11.6 Å². The second-order valence-electron chi connectivity index (χ2n) is 6.24. The summed E-state index contributed by atoms with van der Waals surface area (Å²) in [5.74, 6) is -1.44. The van der Waals surface area contributed by atoms with Crippen molar-refractivity contribution >= 4 is 39.8 Å². The minimum absolute atomic E-state index is 0.00562. The molecule has 0 aliphatic heterocycles. The lowest BCUT2D eigenvalue weighted by molar-refractivity contribution is -0.146. The van der Waals surface area contributed by atoms with Gasteiger partial charge in [-0.15, -0.1) is 11.3 Å². The van der Waals surface area contributed by atoms with Crippen molar-refractivity contribution in [1.82, 2.24) is 9.38 Å². The number of nitrogens with zero attached hydrogens (tertiary/aromatic N) is 2. The van der Waals surface area contributed by atoms with Gasteiger partial charge in [-0.05, 0) is 38.1 Å². The number of ether oxygens (including phenoxy) is 2. The van der Waals surface area contributed by atoms with Gasteiger partial charge in [-0.3, -0.25) is 14.0 Å². The quantitative estimate of drug-likeness (QED) is 0.611. The van der Waals surface area contributed by atoms with E-state index in [2.05, 4.69) is 10.3 Å². The molecule has 0 spiro atoms. The van der Waals surface area contributed by atoms with Gasteiger partial charge in [-0.25, -0.2) is 9.78 Å². The van der Waals surface area contributed by atoms with E-state index in [0.29, 0.717) is 16.9 Å². The summed E-state index contributed by atoms with van der Waals surface area (Å²) in [6, 6.07) is 6.26. The Morgan fingerprint density at radius 2 is 1.96 bits per heavy atom. The van der Waals surface area contributed by atoms with Crippen molar-refractivity contribution in [3.8, 4) is 0 Å². The average molecular weight is 401 g/mol. The van der Waals surface area contributed by atoms with Crippen molar-refractivity contribution < 1.29 is 23.9 Å². The van der Waals surface area contributed by atoms with Crippen molar-refractivity contribution in [2.45, 2.75) is 26.4 Å². The summed E-state index contributed by atoms with van der Waals surface area (Å²) in [5.41, 5.74) is 1.45. The van der Waals surface area contributed by atoms with Gasteiger partial charge in [-0.1, -0.05) is 0 Å². The first-order chi connectivity index (χ1) is 13.4. The third kappa shape index (κ3) is 5.17. The summed E-state index contributed by atoms with van der Waals surface area (Å²) in [6.07, 6.45) is 3.39.